The van der Waals surface area contributed by atoms with Gasteiger partial charge in [-0.05, 0) is 65.5 Å². The van der Waals surface area contributed by atoms with Gasteiger partial charge in [0.05, 0.1) is 12.7 Å². The molecule has 0 saturated carbocycles. The van der Waals surface area contributed by atoms with Gasteiger partial charge in [-0.15, -0.1) is 0 Å². The standard InChI is InChI=1S/C16H26O6S2/c1-8(2)18-14(23)24-13-12-11(21-16(5,6)22-12)10(19-13)9-7-17-15(3,4)20-9/h8-13H,7H2,1-6H3/t9-,10+,11-,12-,13?/m0/s1. The maximum atomic E-state index is 6.19. The first-order chi connectivity index (χ1) is 11.1. The van der Waals surface area contributed by atoms with Gasteiger partial charge in [0.2, 0.25) is 4.38 Å². The molecule has 0 aromatic carbocycles. The summed E-state index contributed by atoms with van der Waals surface area (Å²) in [6.07, 6.45) is -0.881. The van der Waals surface area contributed by atoms with E-state index in [0.29, 0.717) is 11.0 Å². The zero-order chi connectivity index (χ0) is 17.7. The van der Waals surface area contributed by atoms with Gasteiger partial charge in [-0.2, -0.15) is 0 Å². The first-order valence-corrected chi connectivity index (χ1v) is 9.55. The van der Waals surface area contributed by atoms with Crippen molar-refractivity contribution in [2.24, 2.45) is 0 Å². The number of hydrogen-bond donors (Lipinski definition) is 0. The van der Waals surface area contributed by atoms with Crippen LogP contribution in [0.25, 0.3) is 0 Å². The SMILES string of the molecule is CC(C)OC(=S)SC1O[C@H]([C@@H]2COC(C)(C)O2)[C@@H]2OC(C)(C)O[C@H]12. The molecule has 6 nitrogen and oxygen atoms in total. The fourth-order valence-electron chi connectivity index (χ4n) is 3.18. The zero-order valence-corrected chi connectivity index (χ0v) is 16.6. The minimum Gasteiger partial charge on any atom is -0.476 e. The van der Waals surface area contributed by atoms with Crippen LogP contribution in [0.5, 0.6) is 0 Å². The van der Waals surface area contributed by atoms with Gasteiger partial charge in [0.25, 0.3) is 0 Å². The van der Waals surface area contributed by atoms with Gasteiger partial charge in [-0.1, -0.05) is 0 Å². The number of ether oxygens (including phenoxy) is 6. The van der Waals surface area contributed by atoms with Crippen molar-refractivity contribution in [3.8, 4) is 0 Å². The Hall–Kier alpha value is 0.0400. The average Bonchev–Trinajstić information content (AvgIpc) is 3.01. The first kappa shape index (κ1) is 18.8. The van der Waals surface area contributed by atoms with E-state index in [1.807, 2.05) is 41.5 Å². The summed E-state index contributed by atoms with van der Waals surface area (Å²) >= 11 is 6.66. The molecule has 138 valence electrons. The molecule has 0 amide bonds. The number of hydrogen-bond acceptors (Lipinski definition) is 8. The fraction of sp³-hybridized carbons (Fsp3) is 0.938. The van der Waals surface area contributed by atoms with Crippen molar-refractivity contribution >= 4 is 28.4 Å². The summed E-state index contributed by atoms with van der Waals surface area (Å²) in [5.41, 5.74) is -0.291. The minimum absolute atomic E-state index is 0.0301. The normalized spacial score (nSPS) is 40.0. The van der Waals surface area contributed by atoms with Crippen LogP contribution in [0.1, 0.15) is 41.5 Å². The lowest BCUT2D eigenvalue weighted by Crippen LogP contribution is -2.40. The molecule has 5 atom stereocenters. The Labute approximate surface area is 152 Å². The van der Waals surface area contributed by atoms with Gasteiger partial charge in [0, 0.05) is 0 Å². The maximum Gasteiger partial charge on any atom is 0.222 e. The molecular formula is C16H26O6S2. The molecule has 0 aromatic heterocycles. The maximum absolute atomic E-state index is 6.19. The number of thiocarbonyl (C=S) groups is 1. The van der Waals surface area contributed by atoms with E-state index < -0.39 is 11.6 Å². The van der Waals surface area contributed by atoms with Crippen LogP contribution in [0.3, 0.4) is 0 Å². The molecule has 0 spiro atoms. The topological polar surface area (TPSA) is 55.4 Å². The Kier molecular flexibility index (Phi) is 5.21. The minimum atomic E-state index is -0.661. The van der Waals surface area contributed by atoms with E-state index in [9.17, 15) is 0 Å². The summed E-state index contributed by atoms with van der Waals surface area (Å²) in [6, 6.07) is 0. The van der Waals surface area contributed by atoms with Crippen molar-refractivity contribution in [1.82, 2.24) is 0 Å². The van der Waals surface area contributed by atoms with Crippen molar-refractivity contribution < 1.29 is 28.4 Å². The van der Waals surface area contributed by atoms with Gasteiger partial charge in [0.1, 0.15) is 29.9 Å². The Morgan fingerprint density at radius 3 is 2.29 bits per heavy atom. The quantitative estimate of drug-likeness (QED) is 0.695. The molecule has 0 radical (unpaired) electrons. The van der Waals surface area contributed by atoms with Crippen molar-refractivity contribution in [1.29, 1.82) is 0 Å². The van der Waals surface area contributed by atoms with Gasteiger partial charge in [0.15, 0.2) is 11.6 Å². The molecule has 0 aromatic rings. The molecular weight excluding hydrogens is 352 g/mol. The van der Waals surface area contributed by atoms with Gasteiger partial charge in [-0.25, -0.2) is 0 Å². The lowest BCUT2D eigenvalue weighted by Gasteiger charge is -2.27. The summed E-state index contributed by atoms with van der Waals surface area (Å²) in [7, 11) is 0. The summed E-state index contributed by atoms with van der Waals surface area (Å²) in [5.74, 6) is -1.27. The Morgan fingerprint density at radius 1 is 1.04 bits per heavy atom. The molecule has 3 fully saturated rings. The molecule has 3 rings (SSSR count). The summed E-state index contributed by atoms with van der Waals surface area (Å²) in [6.45, 7) is 12.0. The predicted octanol–water partition coefficient (Wildman–Crippen LogP) is 2.83. The van der Waals surface area contributed by atoms with E-state index in [1.165, 1.54) is 11.8 Å². The van der Waals surface area contributed by atoms with Gasteiger partial charge in [-0.3, -0.25) is 0 Å². The second-order valence-electron chi connectivity index (χ2n) is 7.44. The number of thioether (sulfide) groups is 1. The lowest BCUT2D eigenvalue weighted by atomic mass is 10.1. The first-order valence-electron chi connectivity index (χ1n) is 8.26. The predicted molar refractivity (Wildman–Crippen MR) is 93.8 cm³/mol. The highest BCUT2D eigenvalue weighted by Gasteiger charge is 2.59. The third-order valence-electron chi connectivity index (χ3n) is 3.99. The molecule has 3 saturated heterocycles. The van der Waals surface area contributed by atoms with E-state index in [-0.39, 0.29) is 36.0 Å². The average molecular weight is 379 g/mol. The highest BCUT2D eigenvalue weighted by molar-refractivity contribution is 8.22. The second-order valence-corrected chi connectivity index (χ2v) is 9.14. The van der Waals surface area contributed by atoms with Crippen molar-refractivity contribution in [3.63, 3.8) is 0 Å². The van der Waals surface area contributed by atoms with Crippen LogP contribution in [0, 0.1) is 0 Å². The van der Waals surface area contributed by atoms with E-state index >= 15 is 0 Å². The van der Waals surface area contributed by atoms with E-state index in [4.69, 9.17) is 40.6 Å². The third kappa shape index (κ3) is 4.06. The summed E-state index contributed by atoms with van der Waals surface area (Å²) < 4.78 is 36.0. The zero-order valence-electron chi connectivity index (χ0n) is 14.9. The number of fused-ring (bicyclic) bond motifs is 1. The Morgan fingerprint density at radius 2 is 1.71 bits per heavy atom. The smallest absolute Gasteiger partial charge is 0.222 e. The van der Waals surface area contributed by atoms with Crippen LogP contribution >= 0.6 is 24.0 Å². The van der Waals surface area contributed by atoms with E-state index in [2.05, 4.69) is 0 Å². The third-order valence-corrected chi connectivity index (χ3v) is 5.27. The fourth-order valence-corrected chi connectivity index (χ4v) is 4.62. The molecule has 3 aliphatic rings. The van der Waals surface area contributed by atoms with Crippen molar-refractivity contribution in [2.45, 2.75) is 89.1 Å². The molecule has 8 heteroatoms. The highest BCUT2D eigenvalue weighted by Crippen LogP contribution is 2.45. The van der Waals surface area contributed by atoms with Crippen LogP contribution in [-0.2, 0) is 28.4 Å². The Balaban J connectivity index is 1.71. The molecule has 0 N–H and O–H groups in total. The summed E-state index contributed by atoms with van der Waals surface area (Å²) in [4.78, 5) is 0. The second kappa shape index (κ2) is 6.64. The highest BCUT2D eigenvalue weighted by atomic mass is 32.2. The lowest BCUT2D eigenvalue weighted by molar-refractivity contribution is -0.198. The van der Waals surface area contributed by atoms with E-state index in [0.717, 1.165) is 0 Å². The molecule has 24 heavy (non-hydrogen) atoms. The molecule has 0 bridgehead atoms. The van der Waals surface area contributed by atoms with E-state index in [1.54, 1.807) is 0 Å². The van der Waals surface area contributed by atoms with Crippen LogP contribution in [0.4, 0.5) is 0 Å². The van der Waals surface area contributed by atoms with Crippen LogP contribution in [-0.4, -0.2) is 58.5 Å². The molecule has 3 aliphatic heterocycles. The van der Waals surface area contributed by atoms with Crippen molar-refractivity contribution in [3.05, 3.63) is 0 Å². The monoisotopic (exact) mass is 378 g/mol. The largest absolute Gasteiger partial charge is 0.476 e. The van der Waals surface area contributed by atoms with Crippen LogP contribution in [0.2, 0.25) is 0 Å². The number of rotatable bonds is 3. The van der Waals surface area contributed by atoms with Gasteiger partial charge < -0.3 is 28.4 Å². The molecule has 3 heterocycles. The Bertz CT molecular complexity index is 495. The van der Waals surface area contributed by atoms with Crippen LogP contribution in [0.15, 0.2) is 0 Å². The van der Waals surface area contributed by atoms with Gasteiger partial charge >= 0.3 is 0 Å². The summed E-state index contributed by atoms with van der Waals surface area (Å²) in [5, 5.41) is 0. The molecule has 0 aliphatic carbocycles. The van der Waals surface area contributed by atoms with Crippen LogP contribution < -0.4 is 0 Å². The van der Waals surface area contributed by atoms with Crippen molar-refractivity contribution in [2.75, 3.05) is 6.61 Å². The molecule has 1 unspecified atom stereocenters.